The van der Waals surface area contributed by atoms with Gasteiger partial charge in [0.25, 0.3) is 0 Å². The van der Waals surface area contributed by atoms with Crippen LogP contribution in [0.2, 0.25) is 0 Å². The zero-order valence-corrected chi connectivity index (χ0v) is 12.1. The molecular weight excluding hydrogens is 286 g/mol. The maximum absolute atomic E-state index is 5.78. The van der Waals surface area contributed by atoms with Crippen molar-refractivity contribution in [3.05, 3.63) is 47.7 Å². The molecule has 6 nitrogen and oxygen atoms in total. The second-order valence-electron chi connectivity index (χ2n) is 4.51. The van der Waals surface area contributed by atoms with Crippen molar-refractivity contribution in [2.75, 3.05) is 5.32 Å². The van der Waals surface area contributed by atoms with E-state index >= 15 is 0 Å². The van der Waals surface area contributed by atoms with Crippen LogP contribution in [0.1, 0.15) is 17.3 Å². The minimum atomic E-state index is 0.292. The third-order valence-electron chi connectivity index (χ3n) is 3.03. The Morgan fingerprint density at radius 1 is 1.38 bits per heavy atom. The summed E-state index contributed by atoms with van der Waals surface area (Å²) in [6.45, 7) is 2.17. The molecule has 0 spiro atoms. The maximum atomic E-state index is 5.78. The minimum absolute atomic E-state index is 0.292. The number of anilines is 1. The van der Waals surface area contributed by atoms with Crippen LogP contribution in [0.25, 0.3) is 10.9 Å². The van der Waals surface area contributed by atoms with Gasteiger partial charge in [-0.2, -0.15) is 4.98 Å². The fourth-order valence-corrected chi connectivity index (χ4v) is 2.25. The molecule has 3 rings (SSSR count). The third kappa shape index (κ3) is 2.68. The van der Waals surface area contributed by atoms with Gasteiger partial charge in [0.05, 0.1) is 23.3 Å². The predicted molar refractivity (Wildman–Crippen MR) is 84.0 cm³/mol. The number of nitrogens with zero attached hydrogens (tertiary/aromatic N) is 3. The van der Waals surface area contributed by atoms with Crippen molar-refractivity contribution in [1.82, 2.24) is 15.1 Å². The van der Waals surface area contributed by atoms with Crippen molar-refractivity contribution in [3.8, 4) is 0 Å². The van der Waals surface area contributed by atoms with Crippen LogP contribution in [0.15, 0.2) is 35.0 Å². The fourth-order valence-electron chi connectivity index (χ4n) is 2.10. The number of nitrogens with two attached hydrogens (primary N) is 1. The van der Waals surface area contributed by atoms with E-state index in [0.717, 1.165) is 16.6 Å². The lowest BCUT2D eigenvalue weighted by Crippen LogP contribution is -2.14. The number of hydrogen-bond acceptors (Lipinski definition) is 6. The van der Waals surface area contributed by atoms with Crippen LogP contribution >= 0.6 is 12.2 Å². The van der Waals surface area contributed by atoms with Gasteiger partial charge in [0.1, 0.15) is 4.99 Å². The Labute approximate surface area is 126 Å². The number of rotatable bonds is 4. The minimum Gasteiger partial charge on any atom is -0.389 e. The molecule has 7 heteroatoms. The fraction of sp³-hybridized carbons (Fsp3) is 0.143. The second kappa shape index (κ2) is 5.45. The van der Waals surface area contributed by atoms with Crippen molar-refractivity contribution < 1.29 is 4.52 Å². The molecule has 106 valence electrons. The molecule has 0 atom stereocenters. The van der Waals surface area contributed by atoms with Crippen molar-refractivity contribution in [1.29, 1.82) is 0 Å². The first-order valence-corrected chi connectivity index (χ1v) is 6.76. The van der Waals surface area contributed by atoms with Crippen LogP contribution in [-0.2, 0) is 6.54 Å². The van der Waals surface area contributed by atoms with E-state index in [9.17, 15) is 0 Å². The molecule has 0 saturated heterocycles. The van der Waals surface area contributed by atoms with Crippen LogP contribution in [0.5, 0.6) is 0 Å². The number of para-hydroxylation sites is 1. The molecule has 0 aliphatic heterocycles. The first-order chi connectivity index (χ1) is 10.1. The molecule has 0 bridgehead atoms. The molecule has 2 aromatic heterocycles. The van der Waals surface area contributed by atoms with Crippen LogP contribution < -0.4 is 11.1 Å². The summed E-state index contributed by atoms with van der Waals surface area (Å²) in [6.07, 6.45) is 1.68. The zero-order valence-electron chi connectivity index (χ0n) is 11.3. The molecule has 2 heterocycles. The Morgan fingerprint density at radius 3 is 2.90 bits per heavy atom. The molecule has 0 aliphatic rings. The number of aromatic nitrogens is 3. The van der Waals surface area contributed by atoms with Crippen molar-refractivity contribution in [3.63, 3.8) is 0 Å². The zero-order chi connectivity index (χ0) is 14.8. The summed E-state index contributed by atoms with van der Waals surface area (Å²) in [5.74, 6) is 1.10. The lowest BCUT2D eigenvalue weighted by molar-refractivity contribution is 0.388. The summed E-state index contributed by atoms with van der Waals surface area (Å²) in [6, 6.07) is 7.77. The topological polar surface area (TPSA) is 89.9 Å². The second-order valence-corrected chi connectivity index (χ2v) is 4.95. The average Bonchev–Trinajstić information content (AvgIpc) is 2.90. The first-order valence-electron chi connectivity index (χ1n) is 6.36. The Hall–Kier alpha value is -2.54. The molecule has 21 heavy (non-hydrogen) atoms. The molecule has 0 amide bonds. The van der Waals surface area contributed by atoms with Gasteiger partial charge in [-0.15, -0.1) is 0 Å². The van der Waals surface area contributed by atoms with E-state index in [1.54, 1.807) is 13.1 Å². The van der Waals surface area contributed by atoms with Gasteiger partial charge in [-0.05, 0) is 6.07 Å². The largest absolute Gasteiger partial charge is 0.389 e. The number of benzene rings is 1. The quantitative estimate of drug-likeness (QED) is 0.713. The van der Waals surface area contributed by atoms with Gasteiger partial charge in [-0.1, -0.05) is 35.6 Å². The van der Waals surface area contributed by atoms with E-state index < -0.39 is 0 Å². The van der Waals surface area contributed by atoms with Gasteiger partial charge in [0, 0.05) is 18.5 Å². The van der Waals surface area contributed by atoms with E-state index in [1.165, 1.54) is 0 Å². The molecule has 0 saturated carbocycles. The van der Waals surface area contributed by atoms with Crippen LogP contribution in [0.4, 0.5) is 5.69 Å². The maximum Gasteiger partial charge on any atom is 0.223 e. The highest BCUT2D eigenvalue weighted by atomic mass is 32.1. The van der Waals surface area contributed by atoms with Gasteiger partial charge in [0.15, 0.2) is 5.82 Å². The number of thiocarbonyl (C=S) groups is 1. The normalized spacial score (nSPS) is 10.7. The van der Waals surface area contributed by atoms with Gasteiger partial charge in [0.2, 0.25) is 5.89 Å². The van der Waals surface area contributed by atoms with Crippen LogP contribution in [-0.4, -0.2) is 20.1 Å². The van der Waals surface area contributed by atoms with Crippen molar-refractivity contribution >= 4 is 33.8 Å². The van der Waals surface area contributed by atoms with Crippen LogP contribution in [0, 0.1) is 6.92 Å². The van der Waals surface area contributed by atoms with Crippen molar-refractivity contribution in [2.45, 2.75) is 13.5 Å². The summed E-state index contributed by atoms with van der Waals surface area (Å²) in [4.78, 5) is 8.82. The summed E-state index contributed by atoms with van der Waals surface area (Å²) in [5.41, 5.74) is 8.17. The highest BCUT2D eigenvalue weighted by Gasteiger charge is 2.11. The monoisotopic (exact) mass is 299 g/mol. The smallest absolute Gasteiger partial charge is 0.223 e. The highest BCUT2D eigenvalue weighted by Crippen LogP contribution is 2.26. The Balaban J connectivity index is 2.01. The summed E-state index contributed by atoms with van der Waals surface area (Å²) in [7, 11) is 0. The standard InChI is InChI=1S/C14H13N5OS/c1-8-18-12(19-20-8)7-17-13-9-4-2-3-5-11(9)16-6-10(13)14(15)21/h2-6H,7H2,1H3,(H2,15,21)(H,16,17). The van der Waals surface area contributed by atoms with Gasteiger partial charge >= 0.3 is 0 Å². The SMILES string of the molecule is Cc1nc(CNc2c(C(N)=S)cnc3ccccc23)no1. The van der Waals surface area contributed by atoms with E-state index in [4.69, 9.17) is 22.5 Å². The Bertz CT molecular complexity index is 814. The van der Waals surface area contributed by atoms with E-state index in [1.807, 2.05) is 24.3 Å². The number of hydrogen-bond donors (Lipinski definition) is 2. The van der Waals surface area contributed by atoms with E-state index in [2.05, 4.69) is 20.4 Å². The van der Waals surface area contributed by atoms with E-state index in [-0.39, 0.29) is 0 Å². The summed E-state index contributed by atoms with van der Waals surface area (Å²) < 4.78 is 4.95. The first kappa shape index (κ1) is 13.4. The molecular formula is C14H13N5OS. The Kier molecular flexibility index (Phi) is 3.49. The molecule has 0 aliphatic carbocycles. The predicted octanol–water partition coefficient (Wildman–Crippen LogP) is 2.17. The van der Waals surface area contributed by atoms with Gasteiger partial charge in [-0.3, -0.25) is 4.98 Å². The number of aryl methyl sites for hydroxylation is 1. The number of fused-ring (bicyclic) bond motifs is 1. The highest BCUT2D eigenvalue weighted by molar-refractivity contribution is 7.80. The third-order valence-corrected chi connectivity index (χ3v) is 3.25. The average molecular weight is 299 g/mol. The van der Waals surface area contributed by atoms with Crippen molar-refractivity contribution in [2.24, 2.45) is 5.73 Å². The molecule has 0 radical (unpaired) electrons. The lowest BCUT2D eigenvalue weighted by atomic mass is 10.1. The molecule has 3 N–H and O–H groups in total. The molecule has 0 fully saturated rings. The number of pyridine rings is 1. The summed E-state index contributed by atoms with van der Waals surface area (Å²) >= 11 is 5.10. The molecule has 0 unspecified atom stereocenters. The Morgan fingerprint density at radius 2 is 2.19 bits per heavy atom. The lowest BCUT2D eigenvalue weighted by Gasteiger charge is -2.12. The molecule has 1 aromatic carbocycles. The van der Waals surface area contributed by atoms with E-state index in [0.29, 0.717) is 28.8 Å². The van der Waals surface area contributed by atoms with Gasteiger partial charge < -0.3 is 15.6 Å². The summed E-state index contributed by atoms with van der Waals surface area (Å²) in [5, 5.41) is 8.08. The number of nitrogens with one attached hydrogen (secondary N) is 1. The molecule has 3 aromatic rings. The van der Waals surface area contributed by atoms with Gasteiger partial charge in [-0.25, -0.2) is 0 Å². The van der Waals surface area contributed by atoms with Crippen LogP contribution in [0.3, 0.4) is 0 Å².